The molecule has 1 amide bonds. The number of anilines is 1. The van der Waals surface area contributed by atoms with Gasteiger partial charge in [0.2, 0.25) is 0 Å². The Bertz CT molecular complexity index is 911. The summed E-state index contributed by atoms with van der Waals surface area (Å²) in [5.74, 6) is 0.645. The van der Waals surface area contributed by atoms with Crippen LogP contribution >= 0.6 is 0 Å². The van der Waals surface area contributed by atoms with Gasteiger partial charge in [0.15, 0.2) is 5.96 Å². The first-order chi connectivity index (χ1) is 14.1. The normalized spacial score (nSPS) is 16.2. The number of rotatable bonds is 6. The maximum atomic E-state index is 12.7. The molecular weight excluding hydrogens is 368 g/mol. The fourth-order valence-electron chi connectivity index (χ4n) is 3.10. The molecular formula is C21H28N6O2. The minimum Gasteiger partial charge on any atom is -0.378 e. The van der Waals surface area contributed by atoms with Crippen molar-refractivity contribution >= 4 is 34.7 Å². The Morgan fingerprint density at radius 3 is 2.90 bits per heavy atom. The van der Waals surface area contributed by atoms with Crippen LogP contribution in [0, 0.1) is 0 Å². The maximum Gasteiger partial charge on any atom is 0.270 e. The zero-order chi connectivity index (χ0) is 20.6. The van der Waals surface area contributed by atoms with E-state index in [-0.39, 0.29) is 11.9 Å². The van der Waals surface area contributed by atoms with E-state index >= 15 is 0 Å². The number of aliphatic imine (C=N–C) groups is 2. The van der Waals surface area contributed by atoms with Gasteiger partial charge in [-0.1, -0.05) is 6.08 Å². The molecule has 1 aliphatic rings. The van der Waals surface area contributed by atoms with Crippen molar-refractivity contribution in [2.75, 3.05) is 45.2 Å². The second kappa shape index (κ2) is 9.88. The molecule has 0 saturated carbocycles. The van der Waals surface area contributed by atoms with Crippen molar-refractivity contribution in [1.29, 1.82) is 0 Å². The Labute approximate surface area is 170 Å². The number of ether oxygens (including phenoxy) is 1. The fourth-order valence-corrected chi connectivity index (χ4v) is 3.10. The molecule has 0 aliphatic carbocycles. The van der Waals surface area contributed by atoms with Crippen LogP contribution in [-0.2, 0) is 4.74 Å². The molecule has 2 heterocycles. The summed E-state index contributed by atoms with van der Waals surface area (Å²) in [7, 11) is 1.72. The number of amides is 1. The van der Waals surface area contributed by atoms with Gasteiger partial charge in [-0.25, -0.2) is 0 Å². The molecule has 3 rings (SSSR count). The molecule has 2 aromatic rings. The second-order valence-electron chi connectivity index (χ2n) is 6.82. The number of fused-ring (bicyclic) bond motifs is 1. The predicted octanol–water partition coefficient (Wildman–Crippen LogP) is 2.27. The summed E-state index contributed by atoms with van der Waals surface area (Å²) in [6.07, 6.45) is 3.58. The number of H-pyrrole nitrogens is 1. The molecule has 3 N–H and O–H groups in total. The van der Waals surface area contributed by atoms with E-state index in [1.54, 1.807) is 13.1 Å². The molecule has 1 fully saturated rings. The SMILES string of the molecule is C=CCN=CC(C)NC(=NC)Nc1ccc2[nH]c(C(=O)N3CCOCC3)cc2c1. The number of carbonyl (C=O) groups is 1. The van der Waals surface area contributed by atoms with Crippen LogP contribution in [-0.4, -0.2) is 73.9 Å². The van der Waals surface area contributed by atoms with Crippen molar-refractivity contribution in [2.45, 2.75) is 13.0 Å². The number of hydrogen-bond donors (Lipinski definition) is 3. The van der Waals surface area contributed by atoms with E-state index in [1.165, 1.54) is 0 Å². The highest BCUT2D eigenvalue weighted by Gasteiger charge is 2.20. The second-order valence-corrected chi connectivity index (χ2v) is 6.82. The van der Waals surface area contributed by atoms with Crippen molar-refractivity contribution < 1.29 is 9.53 Å². The number of hydrogen-bond acceptors (Lipinski definition) is 4. The third-order valence-corrected chi connectivity index (χ3v) is 4.56. The summed E-state index contributed by atoms with van der Waals surface area (Å²) < 4.78 is 5.32. The average Bonchev–Trinajstić information content (AvgIpc) is 3.17. The summed E-state index contributed by atoms with van der Waals surface area (Å²) in [6, 6.07) is 7.81. The molecule has 1 aromatic heterocycles. The van der Waals surface area contributed by atoms with Gasteiger partial charge in [-0.05, 0) is 31.2 Å². The lowest BCUT2D eigenvalue weighted by molar-refractivity contribution is 0.0299. The number of carbonyl (C=O) groups excluding carboxylic acids is 1. The van der Waals surface area contributed by atoms with Crippen LogP contribution in [0.3, 0.4) is 0 Å². The summed E-state index contributed by atoms with van der Waals surface area (Å²) in [5.41, 5.74) is 2.39. The van der Waals surface area contributed by atoms with Crippen molar-refractivity contribution in [1.82, 2.24) is 15.2 Å². The van der Waals surface area contributed by atoms with E-state index < -0.39 is 0 Å². The first-order valence-electron chi connectivity index (χ1n) is 9.71. The Balaban J connectivity index is 1.68. The summed E-state index contributed by atoms with van der Waals surface area (Å²) in [5, 5.41) is 7.50. The number of aromatic nitrogens is 1. The molecule has 0 radical (unpaired) electrons. The number of aromatic amines is 1. The number of benzene rings is 1. The van der Waals surface area contributed by atoms with Gasteiger partial charge in [-0.3, -0.25) is 14.8 Å². The Morgan fingerprint density at radius 1 is 1.38 bits per heavy atom. The van der Waals surface area contributed by atoms with E-state index in [2.05, 4.69) is 32.2 Å². The molecule has 29 heavy (non-hydrogen) atoms. The van der Waals surface area contributed by atoms with Crippen LogP contribution in [0.25, 0.3) is 10.9 Å². The summed E-state index contributed by atoms with van der Waals surface area (Å²) >= 11 is 0. The van der Waals surface area contributed by atoms with Crippen LogP contribution in [0.1, 0.15) is 17.4 Å². The van der Waals surface area contributed by atoms with Gasteiger partial charge in [0.1, 0.15) is 5.69 Å². The van der Waals surface area contributed by atoms with Crippen LogP contribution < -0.4 is 10.6 Å². The molecule has 154 valence electrons. The van der Waals surface area contributed by atoms with Gasteiger partial charge >= 0.3 is 0 Å². The summed E-state index contributed by atoms with van der Waals surface area (Å²) in [6.45, 7) is 8.66. The van der Waals surface area contributed by atoms with E-state index in [9.17, 15) is 4.79 Å². The lowest BCUT2D eigenvalue weighted by Gasteiger charge is -2.26. The van der Waals surface area contributed by atoms with Crippen LogP contribution in [0.4, 0.5) is 5.69 Å². The fraction of sp³-hybridized carbons (Fsp3) is 0.381. The van der Waals surface area contributed by atoms with Gasteiger partial charge in [0.05, 0.1) is 25.8 Å². The predicted molar refractivity (Wildman–Crippen MR) is 118 cm³/mol. The van der Waals surface area contributed by atoms with Gasteiger partial charge in [-0.2, -0.15) is 0 Å². The van der Waals surface area contributed by atoms with E-state index in [0.29, 0.717) is 44.5 Å². The maximum absolute atomic E-state index is 12.7. The van der Waals surface area contributed by atoms with E-state index in [1.807, 2.05) is 42.3 Å². The van der Waals surface area contributed by atoms with Crippen LogP contribution in [0.2, 0.25) is 0 Å². The first kappa shape index (κ1) is 20.6. The van der Waals surface area contributed by atoms with Crippen molar-refractivity contribution in [3.05, 3.63) is 42.6 Å². The smallest absolute Gasteiger partial charge is 0.270 e. The number of guanidine groups is 1. The highest BCUT2D eigenvalue weighted by molar-refractivity contribution is 6.00. The summed E-state index contributed by atoms with van der Waals surface area (Å²) in [4.78, 5) is 26.2. The van der Waals surface area contributed by atoms with Gasteiger partial charge < -0.3 is 25.3 Å². The molecule has 1 unspecified atom stereocenters. The Kier molecular flexibility index (Phi) is 7.02. The van der Waals surface area contributed by atoms with Crippen molar-refractivity contribution in [2.24, 2.45) is 9.98 Å². The number of nitrogens with one attached hydrogen (secondary N) is 3. The molecule has 0 bridgehead atoms. The largest absolute Gasteiger partial charge is 0.378 e. The highest BCUT2D eigenvalue weighted by Crippen LogP contribution is 2.21. The number of morpholine rings is 1. The zero-order valence-electron chi connectivity index (χ0n) is 16.9. The van der Waals surface area contributed by atoms with Crippen molar-refractivity contribution in [3.63, 3.8) is 0 Å². The van der Waals surface area contributed by atoms with E-state index in [4.69, 9.17) is 4.74 Å². The van der Waals surface area contributed by atoms with Gasteiger partial charge in [-0.15, -0.1) is 6.58 Å². The molecule has 0 spiro atoms. The molecule has 8 nitrogen and oxygen atoms in total. The van der Waals surface area contributed by atoms with Gasteiger partial charge in [0, 0.05) is 42.9 Å². The Morgan fingerprint density at radius 2 is 2.17 bits per heavy atom. The topological polar surface area (TPSA) is 94.1 Å². The minimum atomic E-state index is 0.00382. The molecule has 1 atom stereocenters. The highest BCUT2D eigenvalue weighted by atomic mass is 16.5. The number of nitrogens with zero attached hydrogens (tertiary/aromatic N) is 3. The molecule has 8 heteroatoms. The molecule has 1 saturated heterocycles. The monoisotopic (exact) mass is 396 g/mol. The van der Waals surface area contributed by atoms with Gasteiger partial charge in [0.25, 0.3) is 5.91 Å². The van der Waals surface area contributed by atoms with E-state index in [0.717, 1.165) is 16.6 Å². The third kappa shape index (κ3) is 5.45. The first-order valence-corrected chi connectivity index (χ1v) is 9.71. The quantitative estimate of drug-likeness (QED) is 0.397. The zero-order valence-corrected chi connectivity index (χ0v) is 16.9. The van der Waals surface area contributed by atoms with Crippen LogP contribution in [0.5, 0.6) is 0 Å². The molecule has 1 aromatic carbocycles. The van der Waals surface area contributed by atoms with Crippen LogP contribution in [0.15, 0.2) is 46.9 Å². The lowest BCUT2D eigenvalue weighted by Crippen LogP contribution is -2.40. The lowest BCUT2D eigenvalue weighted by atomic mass is 10.2. The Hall–Kier alpha value is -3.13. The standard InChI is InChI=1S/C21H28N6O2/c1-4-7-23-14-15(2)24-21(22-3)25-17-5-6-18-16(12-17)13-19(26-18)20(28)27-8-10-29-11-9-27/h4-6,12-15,26H,1,7-11H2,2-3H3,(H2,22,24,25). The molecule has 1 aliphatic heterocycles. The third-order valence-electron chi connectivity index (χ3n) is 4.56. The minimum absolute atomic E-state index is 0.00382. The van der Waals surface area contributed by atoms with Crippen molar-refractivity contribution in [3.8, 4) is 0 Å². The average molecular weight is 396 g/mol.